The molecule has 0 saturated heterocycles. The summed E-state index contributed by atoms with van der Waals surface area (Å²) in [5, 5.41) is 9.37. The van der Waals surface area contributed by atoms with Crippen molar-refractivity contribution < 1.29 is 4.39 Å². The van der Waals surface area contributed by atoms with Gasteiger partial charge in [0.2, 0.25) is 0 Å². The number of pyridine rings is 1. The van der Waals surface area contributed by atoms with Gasteiger partial charge in [0.25, 0.3) is 0 Å². The Bertz CT molecular complexity index is 635. The van der Waals surface area contributed by atoms with Gasteiger partial charge in [0, 0.05) is 5.56 Å². The van der Waals surface area contributed by atoms with Crippen LogP contribution in [-0.2, 0) is 6.42 Å². The molecule has 0 saturated carbocycles. The molecule has 0 unspecified atom stereocenters. The van der Waals surface area contributed by atoms with Gasteiger partial charge in [-0.15, -0.1) is 0 Å². The monoisotopic (exact) mass is 280 g/mol. The normalized spacial score (nSPS) is 10.1. The van der Waals surface area contributed by atoms with E-state index < -0.39 is 5.82 Å². The van der Waals surface area contributed by atoms with Crippen LogP contribution in [0.2, 0.25) is 10.0 Å². The molecule has 1 aromatic carbocycles. The largest absolute Gasteiger partial charge is 0.249 e. The molecular weight excluding hydrogens is 274 g/mol. The van der Waals surface area contributed by atoms with Crippen molar-refractivity contribution in [1.29, 1.82) is 5.26 Å². The van der Waals surface area contributed by atoms with E-state index in [1.54, 1.807) is 18.2 Å². The van der Waals surface area contributed by atoms with E-state index in [1.807, 2.05) is 6.07 Å². The van der Waals surface area contributed by atoms with Crippen LogP contribution in [0.3, 0.4) is 0 Å². The van der Waals surface area contributed by atoms with Gasteiger partial charge < -0.3 is 0 Å². The molecule has 0 aliphatic heterocycles. The van der Waals surface area contributed by atoms with E-state index in [0.29, 0.717) is 21.3 Å². The number of benzene rings is 1. The molecule has 0 spiro atoms. The van der Waals surface area contributed by atoms with Gasteiger partial charge >= 0.3 is 0 Å². The topological polar surface area (TPSA) is 36.7 Å². The lowest BCUT2D eigenvalue weighted by Crippen LogP contribution is -1.96. The van der Waals surface area contributed by atoms with E-state index in [2.05, 4.69) is 4.98 Å². The Hall–Kier alpha value is -1.63. The van der Waals surface area contributed by atoms with Crippen molar-refractivity contribution in [2.24, 2.45) is 0 Å². The zero-order valence-corrected chi connectivity index (χ0v) is 10.6. The Kier molecular flexibility index (Phi) is 3.81. The highest BCUT2D eigenvalue weighted by Gasteiger charge is 2.11. The van der Waals surface area contributed by atoms with Gasteiger partial charge in [-0.3, -0.25) is 0 Å². The summed E-state index contributed by atoms with van der Waals surface area (Å²) in [5.41, 5.74) is 1.21. The zero-order chi connectivity index (χ0) is 13.1. The van der Waals surface area contributed by atoms with Gasteiger partial charge in [-0.25, -0.2) is 9.37 Å². The van der Waals surface area contributed by atoms with E-state index in [4.69, 9.17) is 28.5 Å². The molecule has 2 rings (SSSR count). The first-order valence-corrected chi connectivity index (χ1v) is 5.86. The maximum atomic E-state index is 13.4. The zero-order valence-electron chi connectivity index (χ0n) is 9.12. The molecular formula is C13H7Cl2FN2. The quantitative estimate of drug-likeness (QED) is 0.824. The lowest BCUT2D eigenvalue weighted by atomic mass is 10.1. The van der Waals surface area contributed by atoms with Gasteiger partial charge in [-0.2, -0.15) is 5.26 Å². The van der Waals surface area contributed by atoms with Crippen LogP contribution in [0.1, 0.15) is 5.69 Å². The first kappa shape index (κ1) is 12.8. The van der Waals surface area contributed by atoms with E-state index >= 15 is 0 Å². The fourth-order valence-electron chi connectivity index (χ4n) is 1.53. The summed E-state index contributed by atoms with van der Waals surface area (Å²) in [6.07, 6.45) is -0.0855. The predicted molar refractivity (Wildman–Crippen MR) is 69.0 cm³/mol. The first-order chi connectivity index (χ1) is 8.63. The Morgan fingerprint density at radius 1 is 1.22 bits per heavy atom. The van der Waals surface area contributed by atoms with Gasteiger partial charge in [0.1, 0.15) is 5.82 Å². The Morgan fingerprint density at radius 3 is 2.72 bits per heavy atom. The van der Waals surface area contributed by atoms with Crippen molar-refractivity contribution in [2.45, 2.75) is 6.42 Å². The van der Waals surface area contributed by atoms with Crippen LogP contribution in [0.25, 0.3) is 11.3 Å². The molecule has 1 heterocycles. The lowest BCUT2D eigenvalue weighted by Gasteiger charge is -2.06. The number of rotatable bonds is 2. The molecule has 0 radical (unpaired) electrons. The van der Waals surface area contributed by atoms with Gasteiger partial charge in [0.05, 0.1) is 33.9 Å². The van der Waals surface area contributed by atoms with Crippen LogP contribution in [-0.4, -0.2) is 4.98 Å². The van der Waals surface area contributed by atoms with Crippen LogP contribution >= 0.6 is 23.2 Å². The predicted octanol–water partition coefficient (Wildman–Crippen LogP) is 4.26. The summed E-state index contributed by atoms with van der Waals surface area (Å²) < 4.78 is 13.4. The number of hydrogen-bond acceptors (Lipinski definition) is 2. The molecule has 90 valence electrons. The summed E-state index contributed by atoms with van der Waals surface area (Å²) in [6.45, 7) is 0. The molecule has 0 N–H and O–H groups in total. The Labute approximate surface area is 114 Å². The van der Waals surface area contributed by atoms with E-state index in [1.165, 1.54) is 12.1 Å². The maximum absolute atomic E-state index is 13.4. The average Bonchev–Trinajstić information content (AvgIpc) is 2.36. The second-order valence-corrected chi connectivity index (χ2v) is 4.35. The molecule has 0 atom stereocenters. The van der Waals surface area contributed by atoms with Gasteiger partial charge in [0.15, 0.2) is 0 Å². The molecule has 0 fully saturated rings. The first-order valence-electron chi connectivity index (χ1n) is 5.10. The van der Waals surface area contributed by atoms with Gasteiger partial charge in [-0.05, 0) is 18.2 Å². The third kappa shape index (κ3) is 2.45. The van der Waals surface area contributed by atoms with Crippen molar-refractivity contribution in [3.8, 4) is 17.3 Å². The molecule has 2 nitrogen and oxygen atoms in total. The summed E-state index contributed by atoms with van der Waals surface area (Å²) in [4.78, 5) is 4.09. The van der Waals surface area contributed by atoms with Crippen LogP contribution in [0.5, 0.6) is 0 Å². The van der Waals surface area contributed by atoms with Crippen molar-refractivity contribution >= 4 is 23.2 Å². The summed E-state index contributed by atoms with van der Waals surface area (Å²) in [7, 11) is 0. The molecule has 0 aliphatic rings. The minimum atomic E-state index is -0.501. The highest BCUT2D eigenvalue weighted by Crippen LogP contribution is 2.32. The Balaban J connectivity index is 2.55. The molecule has 1 aromatic heterocycles. The summed E-state index contributed by atoms with van der Waals surface area (Å²) in [6, 6.07) is 9.78. The van der Waals surface area contributed by atoms with Crippen molar-refractivity contribution in [3.63, 3.8) is 0 Å². The SMILES string of the molecule is N#CCc1nc(-c2cccc(Cl)c2Cl)ccc1F. The second kappa shape index (κ2) is 5.34. The number of aromatic nitrogens is 1. The number of nitrogens with zero attached hydrogens (tertiary/aromatic N) is 2. The molecule has 0 amide bonds. The van der Waals surface area contributed by atoms with E-state index in [-0.39, 0.29) is 12.1 Å². The smallest absolute Gasteiger partial charge is 0.145 e. The number of halogens is 3. The van der Waals surface area contributed by atoms with Crippen LogP contribution in [0.15, 0.2) is 30.3 Å². The average molecular weight is 281 g/mol. The molecule has 2 aromatic rings. The summed E-state index contributed by atoms with van der Waals surface area (Å²) in [5.74, 6) is -0.501. The van der Waals surface area contributed by atoms with E-state index in [0.717, 1.165) is 0 Å². The van der Waals surface area contributed by atoms with Gasteiger partial charge in [-0.1, -0.05) is 35.3 Å². The molecule has 5 heteroatoms. The van der Waals surface area contributed by atoms with E-state index in [9.17, 15) is 4.39 Å². The fraction of sp³-hybridized carbons (Fsp3) is 0.0769. The molecule has 0 bridgehead atoms. The minimum absolute atomic E-state index is 0.0855. The van der Waals surface area contributed by atoms with Crippen molar-refractivity contribution in [3.05, 3.63) is 51.9 Å². The molecule has 0 aliphatic carbocycles. The third-order valence-electron chi connectivity index (χ3n) is 2.39. The number of nitriles is 1. The fourth-order valence-corrected chi connectivity index (χ4v) is 1.93. The van der Waals surface area contributed by atoms with Crippen LogP contribution in [0.4, 0.5) is 4.39 Å². The standard InChI is InChI=1S/C13H7Cl2FN2/c14-9-3-1-2-8(13(9)15)11-5-4-10(16)12(18-11)6-7-17/h1-5H,6H2. The molecule has 18 heavy (non-hydrogen) atoms. The Morgan fingerprint density at radius 2 is 2.00 bits per heavy atom. The summed E-state index contributed by atoms with van der Waals surface area (Å²) >= 11 is 12.0. The van der Waals surface area contributed by atoms with Crippen LogP contribution < -0.4 is 0 Å². The maximum Gasteiger partial charge on any atom is 0.145 e. The van der Waals surface area contributed by atoms with Crippen molar-refractivity contribution in [1.82, 2.24) is 4.98 Å². The van der Waals surface area contributed by atoms with Crippen LogP contribution in [0, 0.1) is 17.1 Å². The second-order valence-electron chi connectivity index (χ2n) is 3.56. The number of hydrogen-bond donors (Lipinski definition) is 0. The van der Waals surface area contributed by atoms with Crippen molar-refractivity contribution in [2.75, 3.05) is 0 Å². The third-order valence-corrected chi connectivity index (χ3v) is 3.21. The highest BCUT2D eigenvalue weighted by atomic mass is 35.5. The minimum Gasteiger partial charge on any atom is -0.249 e. The highest BCUT2D eigenvalue weighted by molar-refractivity contribution is 6.43. The lowest BCUT2D eigenvalue weighted by molar-refractivity contribution is 0.606.